The van der Waals surface area contributed by atoms with Gasteiger partial charge in [0.2, 0.25) is 0 Å². The highest BCUT2D eigenvalue weighted by Gasteiger charge is 2.56. The van der Waals surface area contributed by atoms with Crippen LogP contribution in [0.5, 0.6) is 0 Å². The van der Waals surface area contributed by atoms with Crippen LogP contribution in [0.15, 0.2) is 0 Å². The molecule has 486 valence electrons. The number of aliphatic hydroxyl groups excluding tert-OH is 1. The summed E-state index contributed by atoms with van der Waals surface area (Å²) in [6, 6.07) is -5.75. The summed E-state index contributed by atoms with van der Waals surface area (Å²) in [7, 11) is 0. The van der Waals surface area contributed by atoms with E-state index < -0.39 is 187 Å². The molecule has 30 heteroatoms. The van der Waals surface area contributed by atoms with Gasteiger partial charge in [-0.05, 0) is 123 Å². The van der Waals surface area contributed by atoms with Crippen molar-refractivity contribution < 1.29 is 115 Å². The van der Waals surface area contributed by atoms with Crippen LogP contribution in [0, 0.1) is 0 Å². The molecule has 0 aromatic rings. The molecule has 2 saturated heterocycles. The van der Waals surface area contributed by atoms with E-state index in [1.807, 2.05) is 0 Å². The fraction of sp³-hybridized carbons (Fsp3) is 0.818. The zero-order valence-electron chi connectivity index (χ0n) is 52.4. The molecule has 7 N–H and O–H groups in total. The van der Waals surface area contributed by atoms with Gasteiger partial charge < -0.3 is 98.6 Å². The van der Waals surface area contributed by atoms with Gasteiger partial charge in [0, 0.05) is 47.2 Å². The summed E-state index contributed by atoms with van der Waals surface area (Å²) in [5.74, 6) is -4.71. The van der Waals surface area contributed by atoms with E-state index in [1.165, 1.54) is 0 Å². The van der Waals surface area contributed by atoms with E-state index >= 15 is 0 Å². The van der Waals surface area contributed by atoms with Crippen molar-refractivity contribution in [2.24, 2.45) is 0 Å². The van der Waals surface area contributed by atoms with Crippen molar-refractivity contribution in [1.82, 2.24) is 31.9 Å². The monoisotopic (exact) mass is 1220 g/mol. The fourth-order valence-electron chi connectivity index (χ4n) is 8.81. The van der Waals surface area contributed by atoms with Gasteiger partial charge in [-0.3, -0.25) is 24.0 Å². The minimum absolute atomic E-state index is 0.107. The summed E-state index contributed by atoms with van der Waals surface area (Å²) in [5.41, 5.74) is -4.98. The van der Waals surface area contributed by atoms with E-state index in [4.69, 9.17) is 61.6 Å². The number of carbonyl (C=O) groups is 10. The van der Waals surface area contributed by atoms with E-state index in [0.717, 1.165) is 27.7 Å². The lowest BCUT2D eigenvalue weighted by atomic mass is 9.83. The lowest BCUT2D eigenvalue weighted by Gasteiger charge is -2.50. The Labute approximate surface area is 496 Å². The average molecular weight is 1220 g/mol. The minimum atomic E-state index is -2.12. The third kappa shape index (κ3) is 27.2. The van der Waals surface area contributed by atoms with Gasteiger partial charge in [0.05, 0.1) is 24.2 Å². The third-order valence-corrected chi connectivity index (χ3v) is 11.7. The van der Waals surface area contributed by atoms with Gasteiger partial charge in [-0.2, -0.15) is 0 Å². The van der Waals surface area contributed by atoms with E-state index in [9.17, 15) is 53.1 Å². The van der Waals surface area contributed by atoms with Gasteiger partial charge in [0.25, 0.3) is 5.91 Å². The topological polar surface area (TPSA) is 383 Å². The quantitative estimate of drug-likeness (QED) is 0.0716. The number of alkyl carbamates (subject to hydrolysis) is 5. The molecule has 0 aromatic carbocycles. The maximum Gasteiger partial charge on any atom is 0.408 e. The van der Waals surface area contributed by atoms with Crippen LogP contribution in [0.3, 0.4) is 0 Å². The van der Waals surface area contributed by atoms with E-state index in [0.29, 0.717) is 0 Å². The predicted molar refractivity (Wildman–Crippen MR) is 295 cm³/mol. The Morgan fingerprint density at radius 3 is 1.42 bits per heavy atom. The molecule has 3 aliphatic rings. The number of hydrogen-bond acceptors (Lipinski definition) is 24. The molecule has 2 aliphatic heterocycles. The SMILES string of the molecule is CC(=O)OCC1O[C@H](O[C@@H]2C(O)C(O[C@H]3OC(CNC(=O)OC(C)(C)C)CCC3NC(=O)OC(C)(C)C)[C@H](NC(=O)OC(C)(C)C)C[C@H]2NC(=O)[C@H](CCNC(=O)OC(C)(C)C)OC(C)=O)C(OC(C)=O)[C@@H](NC(=O)OC(C)(C)C)[C@@H]1OC(C)=O. The summed E-state index contributed by atoms with van der Waals surface area (Å²) >= 11 is 0. The highest BCUT2D eigenvalue weighted by molar-refractivity contribution is 5.84. The largest absolute Gasteiger partial charge is 0.463 e. The number of rotatable bonds is 19. The van der Waals surface area contributed by atoms with Crippen LogP contribution in [-0.4, -0.2) is 199 Å². The zero-order valence-corrected chi connectivity index (χ0v) is 52.4. The normalized spacial score (nSPS) is 26.7. The highest BCUT2D eigenvalue weighted by atomic mass is 16.7. The van der Waals surface area contributed by atoms with Crippen LogP contribution in [0.25, 0.3) is 0 Å². The first-order valence-electron chi connectivity index (χ1n) is 28.0. The molecule has 30 nitrogen and oxygen atoms in total. The maximum absolute atomic E-state index is 14.6. The van der Waals surface area contributed by atoms with Gasteiger partial charge in [0.1, 0.15) is 65.1 Å². The molecule has 0 bridgehead atoms. The molecule has 0 spiro atoms. The number of aliphatic hydroxyl groups is 1. The van der Waals surface area contributed by atoms with Gasteiger partial charge >= 0.3 is 54.3 Å². The number of amides is 6. The summed E-state index contributed by atoms with van der Waals surface area (Å²) in [4.78, 5) is 132. The third-order valence-electron chi connectivity index (χ3n) is 11.7. The Morgan fingerprint density at radius 2 is 0.941 bits per heavy atom. The molecule has 3 rings (SSSR count). The number of nitrogens with one attached hydrogen (secondary N) is 6. The molecule has 6 unspecified atom stereocenters. The van der Waals surface area contributed by atoms with E-state index in [2.05, 4.69) is 31.9 Å². The molecule has 2 heterocycles. The molecule has 85 heavy (non-hydrogen) atoms. The van der Waals surface area contributed by atoms with Crippen LogP contribution < -0.4 is 31.9 Å². The smallest absolute Gasteiger partial charge is 0.408 e. The second-order valence-electron chi connectivity index (χ2n) is 25.6. The fourth-order valence-corrected chi connectivity index (χ4v) is 8.81. The van der Waals surface area contributed by atoms with Crippen molar-refractivity contribution in [3.05, 3.63) is 0 Å². The summed E-state index contributed by atoms with van der Waals surface area (Å²) in [6.07, 6.45) is -22.1. The molecule has 0 radical (unpaired) electrons. The molecule has 1 aliphatic carbocycles. The number of hydrogen-bond donors (Lipinski definition) is 7. The molecular formula is C55H92N6O24. The van der Waals surface area contributed by atoms with Crippen LogP contribution in [0.4, 0.5) is 24.0 Å². The van der Waals surface area contributed by atoms with Crippen molar-refractivity contribution in [3.8, 4) is 0 Å². The van der Waals surface area contributed by atoms with E-state index in [-0.39, 0.29) is 32.4 Å². The predicted octanol–water partition coefficient (Wildman–Crippen LogP) is 3.71. The second kappa shape index (κ2) is 30.7. The molecular weight excluding hydrogens is 1130 g/mol. The molecule has 3 fully saturated rings. The zero-order chi connectivity index (χ0) is 64.7. The molecule has 1 saturated carbocycles. The Morgan fingerprint density at radius 1 is 0.494 bits per heavy atom. The van der Waals surface area contributed by atoms with Crippen molar-refractivity contribution >= 4 is 60.3 Å². The summed E-state index contributed by atoms with van der Waals surface area (Å²) in [5, 5.41) is 29.0. The van der Waals surface area contributed by atoms with Gasteiger partial charge in [0.15, 0.2) is 30.9 Å². The standard InChI is InChI=1S/C55H92N6O24/c1-27(62)73-26-36-41(75-29(3)64)37(61-50(72)85-55(17,18)19)42(76-30(4)65)45(78-36)80-39-33(58-43(67)35(74-28(2)63)22-23-56-46(68)81-51(5,6)7)24-34(60-49(71)84-54(14,15)16)40(38(39)66)79-44-32(59-48(70)83-53(11,12)13)21-20-31(77-44)25-57-47(69)82-52(8,9)10/h31-42,44-45,66H,20-26H2,1-19H3,(H,56,68)(H,57,69)(H,58,67)(H,59,70)(H,60,71)(H,61,72)/t31?,32?,33-,34-,35+,36?,37+,38?,39+,40?,41-,42?,44-,45-/m1/s1. The van der Waals surface area contributed by atoms with Crippen molar-refractivity contribution in [3.63, 3.8) is 0 Å². The van der Waals surface area contributed by atoms with Crippen molar-refractivity contribution in [1.29, 1.82) is 0 Å². The summed E-state index contributed by atoms with van der Waals surface area (Å²) < 4.78 is 75.9. The number of ether oxygens (including phenoxy) is 13. The molecule has 6 amide bonds. The first kappa shape index (κ1) is 72.8. The van der Waals surface area contributed by atoms with Crippen molar-refractivity contribution in [2.75, 3.05) is 19.7 Å². The van der Waals surface area contributed by atoms with Gasteiger partial charge in [-0.25, -0.2) is 24.0 Å². The minimum Gasteiger partial charge on any atom is -0.463 e. The lowest BCUT2D eigenvalue weighted by Crippen LogP contribution is -2.71. The first-order valence-corrected chi connectivity index (χ1v) is 28.0. The average Bonchev–Trinajstić information content (AvgIpc) is 1.40. The number of esters is 4. The lowest BCUT2D eigenvalue weighted by molar-refractivity contribution is -0.319. The second-order valence-corrected chi connectivity index (χ2v) is 25.6. The highest BCUT2D eigenvalue weighted by Crippen LogP contribution is 2.35. The van der Waals surface area contributed by atoms with E-state index in [1.54, 1.807) is 104 Å². The van der Waals surface area contributed by atoms with Crippen LogP contribution in [0.1, 0.15) is 157 Å². The van der Waals surface area contributed by atoms with Crippen molar-refractivity contribution in [2.45, 2.75) is 271 Å². The number of carbonyl (C=O) groups excluding carboxylic acids is 10. The van der Waals surface area contributed by atoms with Crippen LogP contribution >= 0.6 is 0 Å². The summed E-state index contributed by atoms with van der Waals surface area (Å²) in [6.45, 7) is 27.3. The Kier molecular flexibility index (Phi) is 26.3. The Hall–Kier alpha value is -6.50. The maximum atomic E-state index is 14.6. The Bertz CT molecular complexity index is 2320. The first-order chi connectivity index (χ1) is 38.9. The van der Waals surface area contributed by atoms with Gasteiger partial charge in [-0.15, -0.1) is 0 Å². The molecule has 0 aromatic heterocycles. The Balaban J connectivity index is 2.37. The van der Waals surface area contributed by atoms with Crippen LogP contribution in [-0.2, 0) is 85.6 Å². The van der Waals surface area contributed by atoms with Gasteiger partial charge in [-0.1, -0.05) is 0 Å². The molecule has 14 atom stereocenters. The van der Waals surface area contributed by atoms with Crippen LogP contribution in [0.2, 0.25) is 0 Å².